The maximum Gasteiger partial charge on any atom is 0.407 e. The fourth-order valence-electron chi connectivity index (χ4n) is 4.29. The Labute approximate surface area is 187 Å². The average molecular weight is 437 g/mol. The molecule has 2 aliphatic carbocycles. The van der Waals surface area contributed by atoms with E-state index in [0.717, 1.165) is 22.3 Å². The molecule has 1 atom stereocenters. The summed E-state index contributed by atoms with van der Waals surface area (Å²) in [6.07, 6.45) is 0.434. The Morgan fingerprint density at radius 1 is 1.03 bits per heavy atom. The summed E-state index contributed by atoms with van der Waals surface area (Å²) in [6, 6.07) is 15.3. The smallest absolute Gasteiger partial charge is 0.407 e. The van der Waals surface area contributed by atoms with E-state index in [0.29, 0.717) is 12.8 Å². The van der Waals surface area contributed by atoms with E-state index < -0.39 is 29.4 Å². The van der Waals surface area contributed by atoms with Gasteiger partial charge in [0.15, 0.2) is 0 Å². The van der Waals surface area contributed by atoms with E-state index in [4.69, 9.17) is 4.74 Å². The number of carboxylic acids is 1. The second kappa shape index (κ2) is 8.65. The molecule has 2 aliphatic rings. The van der Waals surface area contributed by atoms with Crippen molar-refractivity contribution in [3.63, 3.8) is 0 Å². The van der Waals surface area contributed by atoms with Crippen LogP contribution in [0.15, 0.2) is 48.5 Å². The third-order valence-electron chi connectivity index (χ3n) is 6.47. The van der Waals surface area contributed by atoms with Crippen LogP contribution in [0.2, 0.25) is 0 Å². The molecule has 0 heterocycles. The molecule has 0 bridgehead atoms. The maximum atomic E-state index is 12.6. The largest absolute Gasteiger partial charge is 0.481 e. The highest BCUT2D eigenvalue weighted by atomic mass is 16.5. The zero-order valence-corrected chi connectivity index (χ0v) is 18.3. The van der Waals surface area contributed by atoms with Gasteiger partial charge < -0.3 is 20.5 Å². The molecule has 0 aliphatic heterocycles. The quantitative estimate of drug-likeness (QED) is 0.587. The third-order valence-corrected chi connectivity index (χ3v) is 6.47. The van der Waals surface area contributed by atoms with Crippen LogP contribution >= 0.6 is 0 Å². The molecule has 0 radical (unpaired) electrons. The maximum absolute atomic E-state index is 12.6. The lowest BCUT2D eigenvalue weighted by Gasteiger charge is -2.23. The van der Waals surface area contributed by atoms with Gasteiger partial charge in [0.05, 0.1) is 5.41 Å². The molecule has 0 saturated heterocycles. The molecular formula is C25H28N2O5. The van der Waals surface area contributed by atoms with Gasteiger partial charge in [0.1, 0.15) is 12.6 Å². The van der Waals surface area contributed by atoms with Crippen molar-refractivity contribution in [1.29, 1.82) is 0 Å². The molecule has 2 aromatic carbocycles. The van der Waals surface area contributed by atoms with Crippen molar-refractivity contribution >= 4 is 18.0 Å². The average Bonchev–Trinajstić information content (AvgIpc) is 3.51. The Hall–Kier alpha value is -3.35. The number of amides is 2. The highest BCUT2D eigenvalue weighted by molar-refractivity contribution is 5.87. The molecule has 0 unspecified atom stereocenters. The van der Waals surface area contributed by atoms with Gasteiger partial charge in [-0.05, 0) is 41.0 Å². The summed E-state index contributed by atoms with van der Waals surface area (Å²) in [5, 5.41) is 14.6. The second-order valence-electron chi connectivity index (χ2n) is 8.99. The Morgan fingerprint density at radius 3 is 2.09 bits per heavy atom. The summed E-state index contributed by atoms with van der Waals surface area (Å²) in [5.74, 6) is -1.55. The van der Waals surface area contributed by atoms with Crippen LogP contribution in [0, 0.1) is 11.3 Å². The first-order valence-electron chi connectivity index (χ1n) is 10.9. The molecule has 0 spiro atoms. The number of alkyl carbamates (subject to hydrolysis) is 1. The summed E-state index contributed by atoms with van der Waals surface area (Å²) in [5.41, 5.74) is 3.65. The Bertz CT molecular complexity index is 999. The number of hydrogen-bond acceptors (Lipinski definition) is 4. The van der Waals surface area contributed by atoms with Crippen molar-refractivity contribution in [2.75, 3.05) is 13.2 Å². The molecule has 1 fully saturated rings. The molecular weight excluding hydrogens is 408 g/mol. The van der Waals surface area contributed by atoms with Crippen LogP contribution in [0.1, 0.15) is 43.7 Å². The highest BCUT2D eigenvalue weighted by Gasteiger charge is 2.50. The molecule has 7 heteroatoms. The van der Waals surface area contributed by atoms with Gasteiger partial charge in [-0.15, -0.1) is 0 Å². The number of ether oxygens (including phenoxy) is 1. The number of nitrogens with one attached hydrogen (secondary N) is 2. The molecule has 4 rings (SSSR count). The van der Waals surface area contributed by atoms with Gasteiger partial charge in [-0.3, -0.25) is 9.59 Å². The van der Waals surface area contributed by atoms with Crippen LogP contribution in [0.3, 0.4) is 0 Å². The highest BCUT2D eigenvalue weighted by Crippen LogP contribution is 2.45. The number of aliphatic carboxylic acids is 1. The summed E-state index contributed by atoms with van der Waals surface area (Å²) in [7, 11) is 0. The van der Waals surface area contributed by atoms with Gasteiger partial charge in [-0.2, -0.15) is 0 Å². The van der Waals surface area contributed by atoms with E-state index in [9.17, 15) is 19.5 Å². The molecule has 3 N–H and O–H groups in total. The lowest BCUT2D eigenvalue weighted by Crippen LogP contribution is -2.51. The summed E-state index contributed by atoms with van der Waals surface area (Å²) < 4.78 is 5.54. The molecule has 32 heavy (non-hydrogen) atoms. The number of hydrogen-bond donors (Lipinski definition) is 3. The van der Waals surface area contributed by atoms with Gasteiger partial charge >= 0.3 is 12.1 Å². The van der Waals surface area contributed by atoms with Gasteiger partial charge in [0.25, 0.3) is 0 Å². The molecule has 2 amide bonds. The van der Waals surface area contributed by atoms with Crippen LogP contribution in [0.25, 0.3) is 11.1 Å². The molecule has 0 aromatic heterocycles. The first-order chi connectivity index (χ1) is 15.3. The number of rotatable bonds is 8. The van der Waals surface area contributed by atoms with E-state index >= 15 is 0 Å². The van der Waals surface area contributed by atoms with Crippen LogP contribution < -0.4 is 10.6 Å². The van der Waals surface area contributed by atoms with Crippen molar-refractivity contribution in [2.45, 2.75) is 38.6 Å². The van der Waals surface area contributed by atoms with Gasteiger partial charge in [-0.1, -0.05) is 62.4 Å². The Kier molecular flexibility index (Phi) is 5.91. The number of fused-ring (bicyclic) bond motifs is 3. The van der Waals surface area contributed by atoms with Crippen molar-refractivity contribution in [2.24, 2.45) is 11.3 Å². The Balaban J connectivity index is 1.37. The zero-order valence-electron chi connectivity index (χ0n) is 18.3. The summed E-state index contributed by atoms with van der Waals surface area (Å²) in [4.78, 5) is 36.5. The van der Waals surface area contributed by atoms with Crippen molar-refractivity contribution in [1.82, 2.24) is 10.6 Å². The standard InChI is InChI=1S/C25H28N2O5/c1-15(2)21(22(28)26-14-25(11-12-25)23(29)30)27-24(31)32-13-20-18-9-5-3-7-16(18)17-8-4-6-10-19(17)20/h3-10,15,20-21H,11-14H2,1-2H3,(H,26,28)(H,27,31)(H,29,30)/t21-/m1/s1. The minimum atomic E-state index is -0.900. The van der Waals surface area contributed by atoms with Crippen molar-refractivity contribution in [3.05, 3.63) is 59.7 Å². The van der Waals surface area contributed by atoms with Gasteiger partial charge in [-0.25, -0.2) is 4.79 Å². The second-order valence-corrected chi connectivity index (χ2v) is 8.99. The minimum absolute atomic E-state index is 0.0650. The Morgan fingerprint density at radius 2 is 1.59 bits per heavy atom. The van der Waals surface area contributed by atoms with E-state index in [-0.39, 0.29) is 25.0 Å². The number of carboxylic acid groups (broad SMARTS) is 1. The van der Waals surface area contributed by atoms with E-state index in [1.54, 1.807) is 0 Å². The molecule has 1 saturated carbocycles. The predicted molar refractivity (Wildman–Crippen MR) is 119 cm³/mol. The monoisotopic (exact) mass is 436 g/mol. The topological polar surface area (TPSA) is 105 Å². The van der Waals surface area contributed by atoms with E-state index in [1.165, 1.54) is 0 Å². The first-order valence-corrected chi connectivity index (χ1v) is 10.9. The summed E-state index contributed by atoms with van der Waals surface area (Å²) >= 11 is 0. The fraction of sp³-hybridized carbons (Fsp3) is 0.400. The molecule has 168 valence electrons. The van der Waals surface area contributed by atoms with Gasteiger partial charge in [0, 0.05) is 12.5 Å². The van der Waals surface area contributed by atoms with Crippen LogP contribution in [-0.2, 0) is 14.3 Å². The molecule has 2 aromatic rings. The SMILES string of the molecule is CC(C)[C@@H](NC(=O)OCC1c2ccccc2-c2ccccc21)C(=O)NCC1(C(=O)O)CC1. The van der Waals surface area contributed by atoms with Crippen LogP contribution in [0.4, 0.5) is 4.79 Å². The van der Waals surface area contributed by atoms with E-state index in [1.807, 2.05) is 50.2 Å². The summed E-state index contributed by atoms with van der Waals surface area (Å²) in [6.45, 7) is 3.86. The normalized spacial score (nSPS) is 16.6. The molecule has 7 nitrogen and oxygen atoms in total. The number of carbonyl (C=O) groups is 3. The zero-order chi connectivity index (χ0) is 22.9. The minimum Gasteiger partial charge on any atom is -0.481 e. The van der Waals surface area contributed by atoms with Gasteiger partial charge in [0.2, 0.25) is 5.91 Å². The van der Waals surface area contributed by atoms with Crippen LogP contribution in [-0.4, -0.2) is 42.3 Å². The lowest BCUT2D eigenvalue weighted by molar-refractivity contribution is -0.143. The van der Waals surface area contributed by atoms with Crippen LogP contribution in [0.5, 0.6) is 0 Å². The predicted octanol–water partition coefficient (Wildman–Crippen LogP) is 3.53. The van der Waals surface area contributed by atoms with Crippen molar-refractivity contribution < 1.29 is 24.2 Å². The lowest BCUT2D eigenvalue weighted by atomic mass is 9.98. The first kappa shape index (κ1) is 21.9. The third kappa shape index (κ3) is 4.20. The van der Waals surface area contributed by atoms with Crippen molar-refractivity contribution in [3.8, 4) is 11.1 Å². The van der Waals surface area contributed by atoms with E-state index in [2.05, 4.69) is 22.8 Å². The fourth-order valence-corrected chi connectivity index (χ4v) is 4.29. The number of carbonyl (C=O) groups excluding carboxylic acids is 2. The number of benzene rings is 2.